The Kier molecular flexibility index (Phi) is 6.84. The second-order valence-corrected chi connectivity index (χ2v) is 9.46. The van der Waals surface area contributed by atoms with E-state index < -0.39 is 36.1 Å². The van der Waals surface area contributed by atoms with Crippen LogP contribution in [0.15, 0.2) is 60.7 Å². The van der Waals surface area contributed by atoms with Crippen LogP contribution in [0.3, 0.4) is 0 Å². The van der Waals surface area contributed by atoms with Gasteiger partial charge in [0, 0.05) is 6.07 Å². The maximum atomic E-state index is 13.9. The number of nitro groups is 1. The lowest BCUT2D eigenvalue weighted by molar-refractivity contribution is -0.385. The molecule has 0 unspecified atom stereocenters. The number of halogens is 3. The number of nitro benzene ring substituents is 1. The predicted molar refractivity (Wildman–Crippen MR) is 118 cm³/mol. The van der Waals surface area contributed by atoms with Gasteiger partial charge < -0.3 is 9.05 Å². The van der Waals surface area contributed by atoms with Gasteiger partial charge in [0.1, 0.15) is 5.75 Å². The molecule has 10 heteroatoms. The molecule has 0 amide bonds. The molecule has 0 radical (unpaired) electrons. The maximum Gasteiger partial charge on any atom is 0.435 e. The molecular formula is C23H21F3NO5P. The minimum atomic E-state index is -4.70. The highest BCUT2D eigenvalue weighted by atomic mass is 31.2. The number of alkyl halides is 3. The monoisotopic (exact) mass is 479 g/mol. The first-order valence-electron chi connectivity index (χ1n) is 9.84. The third-order valence-electron chi connectivity index (χ3n) is 4.87. The van der Waals surface area contributed by atoms with Crippen LogP contribution in [0, 0.1) is 30.9 Å². The minimum absolute atomic E-state index is 0.143. The van der Waals surface area contributed by atoms with Gasteiger partial charge in [-0.1, -0.05) is 48.0 Å². The summed E-state index contributed by atoms with van der Waals surface area (Å²) in [5.74, 6) is -0.176. The van der Waals surface area contributed by atoms with E-state index in [2.05, 4.69) is 0 Å². The Labute approximate surface area is 188 Å². The first-order valence-corrected chi connectivity index (χ1v) is 11.6. The van der Waals surface area contributed by atoms with Crippen molar-refractivity contribution in [2.45, 2.75) is 33.1 Å². The molecule has 0 saturated carbocycles. The summed E-state index contributed by atoms with van der Waals surface area (Å²) < 4.78 is 65.9. The topological polar surface area (TPSA) is 78.7 Å². The van der Waals surface area contributed by atoms with Gasteiger partial charge in [0.05, 0.1) is 16.6 Å². The highest BCUT2D eigenvalue weighted by Gasteiger charge is 2.39. The first kappa shape index (κ1) is 24.3. The van der Waals surface area contributed by atoms with Crippen LogP contribution in [0.2, 0.25) is 0 Å². The van der Waals surface area contributed by atoms with E-state index in [1.54, 1.807) is 19.1 Å². The second-order valence-electron chi connectivity index (χ2n) is 7.56. The smallest absolute Gasteiger partial charge is 0.416 e. The molecule has 0 aliphatic heterocycles. The van der Waals surface area contributed by atoms with Crippen LogP contribution in [0.25, 0.3) is 0 Å². The van der Waals surface area contributed by atoms with Gasteiger partial charge in [0.15, 0.2) is 0 Å². The van der Waals surface area contributed by atoms with Crippen LogP contribution in [0.5, 0.6) is 11.5 Å². The van der Waals surface area contributed by atoms with Crippen molar-refractivity contribution in [3.8, 4) is 11.5 Å². The van der Waals surface area contributed by atoms with E-state index in [4.69, 9.17) is 9.05 Å². The summed E-state index contributed by atoms with van der Waals surface area (Å²) >= 11 is 0. The van der Waals surface area contributed by atoms with E-state index in [0.717, 1.165) is 17.7 Å². The average molecular weight is 479 g/mol. The molecule has 0 aliphatic rings. The number of rotatable bonds is 7. The Morgan fingerprint density at radius 2 is 1.64 bits per heavy atom. The standard InChI is InChI=1S/C23H21F3NO5P/c1-15-11-12-21(17(3)13-15)31-33(30,14-18-8-4-5-9-19(18)23(24,25)26)32-22-16(2)7-6-10-20(22)27(28)29/h4-13H,14H2,1-3H3/t33-/m1/s1. The van der Waals surface area contributed by atoms with Gasteiger partial charge in [0.2, 0.25) is 5.75 Å². The molecule has 174 valence electrons. The van der Waals surface area contributed by atoms with Crippen LogP contribution >= 0.6 is 7.60 Å². The van der Waals surface area contributed by atoms with Crippen LogP contribution in [0.1, 0.15) is 27.8 Å². The van der Waals surface area contributed by atoms with Gasteiger partial charge in [-0.25, -0.2) is 4.57 Å². The summed E-state index contributed by atoms with van der Waals surface area (Å²) in [5, 5.41) is 11.5. The molecule has 3 aromatic carbocycles. The third kappa shape index (κ3) is 5.73. The number of benzene rings is 3. The molecule has 0 fully saturated rings. The molecule has 0 aromatic heterocycles. The quantitative estimate of drug-likeness (QED) is 0.201. The Morgan fingerprint density at radius 3 is 2.27 bits per heavy atom. The Morgan fingerprint density at radius 1 is 0.939 bits per heavy atom. The second kappa shape index (κ2) is 9.27. The zero-order valence-electron chi connectivity index (χ0n) is 18.1. The highest BCUT2D eigenvalue weighted by molar-refractivity contribution is 7.53. The van der Waals surface area contributed by atoms with Crippen molar-refractivity contribution >= 4 is 13.3 Å². The fraction of sp³-hybridized carbons (Fsp3) is 0.217. The molecule has 33 heavy (non-hydrogen) atoms. The van der Waals surface area contributed by atoms with Crippen molar-refractivity contribution in [2.24, 2.45) is 0 Å². The average Bonchev–Trinajstić information content (AvgIpc) is 2.71. The lowest BCUT2D eigenvalue weighted by Gasteiger charge is -2.23. The van der Waals surface area contributed by atoms with Crippen molar-refractivity contribution in [1.29, 1.82) is 0 Å². The summed E-state index contributed by atoms with van der Waals surface area (Å²) in [6, 6.07) is 13.7. The number of hydrogen-bond acceptors (Lipinski definition) is 5. The van der Waals surface area contributed by atoms with E-state index in [0.29, 0.717) is 5.56 Å². The molecule has 0 spiro atoms. The van der Waals surface area contributed by atoms with E-state index in [1.807, 2.05) is 6.92 Å². The lowest BCUT2D eigenvalue weighted by atomic mass is 10.1. The zero-order valence-corrected chi connectivity index (χ0v) is 18.9. The molecule has 3 rings (SSSR count). The van der Waals surface area contributed by atoms with Crippen molar-refractivity contribution in [1.82, 2.24) is 0 Å². The molecule has 0 saturated heterocycles. The molecule has 0 aliphatic carbocycles. The van der Waals surface area contributed by atoms with Crippen LogP contribution in [-0.2, 0) is 16.9 Å². The van der Waals surface area contributed by atoms with Crippen LogP contribution in [0.4, 0.5) is 18.9 Å². The molecule has 0 heterocycles. The van der Waals surface area contributed by atoms with Crippen molar-refractivity contribution in [2.75, 3.05) is 0 Å². The number of para-hydroxylation sites is 1. The summed E-state index contributed by atoms with van der Waals surface area (Å²) in [6.45, 7) is 5.03. The van der Waals surface area contributed by atoms with E-state index in [1.165, 1.54) is 43.3 Å². The lowest BCUT2D eigenvalue weighted by Crippen LogP contribution is -2.12. The molecule has 0 N–H and O–H groups in total. The van der Waals surface area contributed by atoms with Gasteiger partial charge in [-0.05, 0) is 49.6 Å². The van der Waals surface area contributed by atoms with E-state index in [9.17, 15) is 27.9 Å². The van der Waals surface area contributed by atoms with E-state index in [-0.39, 0.29) is 22.6 Å². The van der Waals surface area contributed by atoms with Gasteiger partial charge in [-0.2, -0.15) is 13.2 Å². The molecule has 3 aromatic rings. The highest BCUT2D eigenvalue weighted by Crippen LogP contribution is 2.55. The Hall–Kier alpha value is -3.32. The van der Waals surface area contributed by atoms with Crippen LogP contribution in [-0.4, -0.2) is 4.92 Å². The zero-order chi connectivity index (χ0) is 24.4. The van der Waals surface area contributed by atoms with Gasteiger partial charge >= 0.3 is 19.5 Å². The van der Waals surface area contributed by atoms with E-state index >= 15 is 0 Å². The molecule has 6 nitrogen and oxygen atoms in total. The summed E-state index contributed by atoms with van der Waals surface area (Å²) in [7, 11) is -4.42. The van der Waals surface area contributed by atoms with Crippen molar-refractivity contribution < 1.29 is 31.7 Å². The molecular weight excluding hydrogens is 458 g/mol. The summed E-state index contributed by atoms with van der Waals surface area (Å²) in [4.78, 5) is 10.8. The predicted octanol–water partition coefficient (Wildman–Crippen LogP) is 7.39. The number of hydrogen-bond donors (Lipinski definition) is 0. The minimum Gasteiger partial charge on any atom is -0.416 e. The fourth-order valence-corrected chi connectivity index (χ4v) is 5.20. The SMILES string of the molecule is Cc1ccc(O[P@](=O)(Cc2ccccc2C(F)(F)F)Oc2c(C)cccc2[N+](=O)[O-])c(C)c1. The summed E-state index contributed by atoms with van der Waals surface area (Å²) in [6.07, 6.45) is -5.45. The van der Waals surface area contributed by atoms with Crippen molar-refractivity contribution in [3.05, 3.63) is 98.6 Å². The number of aryl methyl sites for hydroxylation is 3. The fourth-order valence-electron chi connectivity index (χ4n) is 3.32. The number of nitrogens with zero attached hydrogens (tertiary/aromatic N) is 1. The van der Waals surface area contributed by atoms with Crippen LogP contribution < -0.4 is 9.05 Å². The maximum absolute atomic E-state index is 13.9. The summed E-state index contributed by atoms with van der Waals surface area (Å²) in [5.41, 5.74) is 0.00256. The van der Waals surface area contributed by atoms with Crippen molar-refractivity contribution in [3.63, 3.8) is 0 Å². The Bertz CT molecular complexity index is 1240. The molecule has 1 atom stereocenters. The molecule has 0 bridgehead atoms. The largest absolute Gasteiger partial charge is 0.435 e. The van der Waals surface area contributed by atoms with Gasteiger partial charge in [0.25, 0.3) is 0 Å². The van der Waals surface area contributed by atoms with Gasteiger partial charge in [-0.15, -0.1) is 0 Å². The first-order chi connectivity index (χ1) is 15.4. The Balaban J connectivity index is 2.12. The van der Waals surface area contributed by atoms with Gasteiger partial charge in [-0.3, -0.25) is 10.1 Å². The normalized spacial score (nSPS) is 13.3. The third-order valence-corrected chi connectivity index (χ3v) is 6.54.